The van der Waals surface area contributed by atoms with Crippen LogP contribution in [-0.4, -0.2) is 22.5 Å². The Morgan fingerprint density at radius 1 is 1.19 bits per heavy atom. The van der Waals surface area contributed by atoms with E-state index < -0.39 is 22.5 Å². The minimum Gasteiger partial charge on any atom is -0.325 e. The molecule has 0 fully saturated rings. The minimum atomic E-state index is -1.96. The highest BCUT2D eigenvalue weighted by molar-refractivity contribution is 6.55. The van der Waals surface area contributed by atoms with Crippen molar-refractivity contribution in [2.75, 3.05) is 0 Å². The normalized spacial score (nSPS) is 17.1. The van der Waals surface area contributed by atoms with Crippen LogP contribution in [0.25, 0.3) is 0 Å². The number of nitrogens with one attached hydrogen (secondary N) is 1. The fourth-order valence-electron chi connectivity index (χ4n) is 1.71. The number of benzene rings is 1. The molecule has 0 aliphatic heterocycles. The van der Waals surface area contributed by atoms with Gasteiger partial charge in [-0.05, 0) is 0 Å². The van der Waals surface area contributed by atoms with E-state index in [2.05, 4.69) is 5.32 Å². The first kappa shape index (κ1) is 10.8. The third-order valence-corrected chi connectivity index (χ3v) is 2.83. The van der Waals surface area contributed by atoms with E-state index in [1.807, 2.05) is 0 Å². The molecule has 0 saturated carbocycles. The maximum absolute atomic E-state index is 11.9. The number of carbonyl (C=O) groups is 3. The molecular weight excluding hydrogens is 230 g/mol. The van der Waals surface area contributed by atoms with Crippen LogP contribution in [0.5, 0.6) is 0 Å². The second-order valence-electron chi connectivity index (χ2n) is 3.54. The highest BCUT2D eigenvalue weighted by atomic mass is 35.5. The van der Waals surface area contributed by atoms with Gasteiger partial charge in [0.1, 0.15) is 0 Å². The van der Waals surface area contributed by atoms with Gasteiger partial charge in [0.25, 0.3) is 0 Å². The zero-order chi connectivity index (χ0) is 11.9. The number of ketones is 2. The molecule has 1 aromatic carbocycles. The zero-order valence-electron chi connectivity index (χ0n) is 8.41. The van der Waals surface area contributed by atoms with E-state index in [1.165, 1.54) is 19.1 Å². The molecular formula is C11H8ClNO3. The van der Waals surface area contributed by atoms with Gasteiger partial charge in [-0.15, -0.1) is 0 Å². The minimum absolute atomic E-state index is 0.247. The molecule has 5 heteroatoms. The summed E-state index contributed by atoms with van der Waals surface area (Å²) in [5.74, 6) is -1.68. The molecule has 0 aromatic heterocycles. The van der Waals surface area contributed by atoms with Gasteiger partial charge in [0, 0.05) is 18.1 Å². The van der Waals surface area contributed by atoms with Crippen molar-refractivity contribution in [3.8, 4) is 0 Å². The molecule has 1 N–H and O–H groups in total. The molecule has 1 aromatic rings. The highest BCUT2D eigenvalue weighted by Gasteiger charge is 2.52. The molecule has 2 rings (SSSR count). The fraction of sp³-hybridized carbons (Fsp3) is 0.182. The van der Waals surface area contributed by atoms with Crippen LogP contribution in [-0.2, 0) is 4.79 Å². The van der Waals surface area contributed by atoms with Gasteiger partial charge < -0.3 is 5.32 Å². The highest BCUT2D eigenvalue weighted by Crippen LogP contribution is 2.32. The van der Waals surface area contributed by atoms with E-state index in [0.29, 0.717) is 0 Å². The Balaban J connectivity index is 2.53. The monoisotopic (exact) mass is 237 g/mol. The van der Waals surface area contributed by atoms with Gasteiger partial charge in [-0.2, -0.15) is 0 Å². The Morgan fingerprint density at radius 3 is 2.00 bits per heavy atom. The van der Waals surface area contributed by atoms with Crippen molar-refractivity contribution in [2.24, 2.45) is 0 Å². The van der Waals surface area contributed by atoms with Crippen LogP contribution in [0.15, 0.2) is 24.3 Å². The first-order valence-electron chi connectivity index (χ1n) is 4.63. The van der Waals surface area contributed by atoms with Crippen molar-refractivity contribution in [3.05, 3.63) is 35.4 Å². The van der Waals surface area contributed by atoms with E-state index in [9.17, 15) is 14.4 Å². The first-order valence-corrected chi connectivity index (χ1v) is 5.01. The Kier molecular flexibility index (Phi) is 2.31. The molecule has 0 spiro atoms. The van der Waals surface area contributed by atoms with E-state index in [0.717, 1.165) is 0 Å². The summed E-state index contributed by atoms with van der Waals surface area (Å²) in [6.07, 6.45) is 0. The summed E-state index contributed by atoms with van der Waals surface area (Å²) in [5.41, 5.74) is 0.493. The molecule has 1 aliphatic rings. The Bertz CT molecular complexity index is 475. The van der Waals surface area contributed by atoms with Crippen molar-refractivity contribution in [1.82, 2.24) is 5.32 Å². The average Bonchev–Trinajstić information content (AvgIpc) is 2.42. The Morgan fingerprint density at radius 2 is 1.62 bits per heavy atom. The van der Waals surface area contributed by atoms with Gasteiger partial charge in [0.05, 0.1) is 0 Å². The van der Waals surface area contributed by atoms with Crippen LogP contribution < -0.4 is 5.32 Å². The number of halogens is 1. The zero-order valence-corrected chi connectivity index (χ0v) is 9.17. The van der Waals surface area contributed by atoms with Crippen LogP contribution in [0.1, 0.15) is 27.6 Å². The lowest BCUT2D eigenvalue weighted by Crippen LogP contribution is -2.51. The quantitative estimate of drug-likeness (QED) is 0.453. The van der Waals surface area contributed by atoms with Crippen molar-refractivity contribution < 1.29 is 14.4 Å². The number of rotatable bonds is 1. The molecule has 82 valence electrons. The number of hydrogen-bond acceptors (Lipinski definition) is 3. The van der Waals surface area contributed by atoms with Crippen LogP contribution in [0.3, 0.4) is 0 Å². The van der Waals surface area contributed by atoms with E-state index in [-0.39, 0.29) is 11.1 Å². The average molecular weight is 238 g/mol. The molecule has 1 amide bonds. The Labute approximate surface area is 96.6 Å². The lowest BCUT2D eigenvalue weighted by Gasteiger charge is -2.17. The van der Waals surface area contributed by atoms with Gasteiger partial charge in [0.15, 0.2) is 0 Å². The van der Waals surface area contributed by atoms with Crippen LogP contribution in [0.4, 0.5) is 0 Å². The van der Waals surface area contributed by atoms with Gasteiger partial charge in [-0.1, -0.05) is 35.9 Å². The summed E-state index contributed by atoms with van der Waals surface area (Å²) in [4.78, 5) is 32.8. The molecule has 0 heterocycles. The summed E-state index contributed by atoms with van der Waals surface area (Å²) in [6, 6.07) is 6.31. The van der Waals surface area contributed by atoms with E-state index >= 15 is 0 Å². The summed E-state index contributed by atoms with van der Waals surface area (Å²) in [6.45, 7) is 1.20. The topological polar surface area (TPSA) is 63.2 Å². The van der Waals surface area contributed by atoms with Crippen molar-refractivity contribution in [3.63, 3.8) is 0 Å². The summed E-state index contributed by atoms with van der Waals surface area (Å²) in [5, 5.41) is 2.19. The third kappa shape index (κ3) is 1.34. The molecule has 0 atom stereocenters. The molecule has 4 nitrogen and oxygen atoms in total. The van der Waals surface area contributed by atoms with Crippen LogP contribution in [0, 0.1) is 0 Å². The Hall–Kier alpha value is -1.68. The van der Waals surface area contributed by atoms with Gasteiger partial charge in [-0.25, -0.2) is 0 Å². The lowest BCUT2D eigenvalue weighted by molar-refractivity contribution is -0.119. The van der Waals surface area contributed by atoms with Gasteiger partial charge in [-0.3, -0.25) is 14.4 Å². The van der Waals surface area contributed by atoms with Crippen LogP contribution >= 0.6 is 11.6 Å². The molecule has 0 unspecified atom stereocenters. The number of alkyl halides is 1. The second-order valence-corrected chi connectivity index (χ2v) is 4.11. The maximum atomic E-state index is 11.9. The number of fused-ring (bicyclic) bond motifs is 1. The smallest absolute Gasteiger partial charge is 0.241 e. The standard InChI is InChI=1S/C11H8ClNO3/c1-6(14)13-11(12)9(15)7-4-2-3-5-8(7)10(11)16/h2-5H,1H3,(H,13,14). The van der Waals surface area contributed by atoms with Gasteiger partial charge >= 0.3 is 0 Å². The molecule has 0 radical (unpaired) electrons. The predicted octanol–water partition coefficient (Wildman–Crippen LogP) is 1.14. The molecule has 1 aliphatic carbocycles. The van der Waals surface area contributed by atoms with Crippen molar-refractivity contribution in [1.29, 1.82) is 0 Å². The lowest BCUT2D eigenvalue weighted by atomic mass is 10.1. The number of amides is 1. The number of carbonyl (C=O) groups excluding carboxylic acids is 3. The van der Waals surface area contributed by atoms with Crippen molar-refractivity contribution in [2.45, 2.75) is 11.9 Å². The molecule has 0 bridgehead atoms. The third-order valence-electron chi connectivity index (χ3n) is 2.39. The SMILES string of the molecule is CC(=O)NC1(Cl)C(=O)c2ccccc2C1=O. The second kappa shape index (κ2) is 3.42. The summed E-state index contributed by atoms with van der Waals surface area (Å²) in [7, 11) is 0. The van der Waals surface area contributed by atoms with Crippen LogP contribution in [0.2, 0.25) is 0 Å². The van der Waals surface area contributed by atoms with Crippen molar-refractivity contribution >= 4 is 29.1 Å². The fourth-order valence-corrected chi connectivity index (χ4v) is 2.05. The molecule has 16 heavy (non-hydrogen) atoms. The van der Waals surface area contributed by atoms with E-state index in [4.69, 9.17) is 11.6 Å². The number of hydrogen-bond donors (Lipinski definition) is 1. The maximum Gasteiger partial charge on any atom is 0.241 e. The van der Waals surface area contributed by atoms with Gasteiger partial charge in [0.2, 0.25) is 22.5 Å². The molecule has 0 saturated heterocycles. The summed E-state index contributed by atoms with van der Waals surface area (Å²) < 4.78 is 0. The largest absolute Gasteiger partial charge is 0.325 e. The number of Topliss-reactive ketones (excluding diaryl/α,β-unsaturated/α-hetero) is 2. The summed E-state index contributed by atoms with van der Waals surface area (Å²) >= 11 is 5.90. The first-order chi connectivity index (χ1) is 7.47. The van der Waals surface area contributed by atoms with E-state index in [1.54, 1.807) is 12.1 Å². The predicted molar refractivity (Wildman–Crippen MR) is 57.5 cm³/mol.